The van der Waals surface area contributed by atoms with Gasteiger partial charge in [0, 0.05) is 25.5 Å². The summed E-state index contributed by atoms with van der Waals surface area (Å²) < 4.78 is 26.8. The van der Waals surface area contributed by atoms with Crippen LogP contribution in [0.15, 0.2) is 41.6 Å². The molecule has 6 nitrogen and oxygen atoms in total. The van der Waals surface area contributed by atoms with Crippen LogP contribution in [0.25, 0.3) is 0 Å². The van der Waals surface area contributed by atoms with Crippen LogP contribution >= 0.6 is 0 Å². The van der Waals surface area contributed by atoms with Crippen LogP contribution in [0, 0.1) is 13.8 Å². The molecule has 3 rings (SSSR count). The number of nitrogens with zero attached hydrogens (tertiary/aromatic N) is 3. The molecular formula is C15H18N4O2S. The van der Waals surface area contributed by atoms with Crippen LogP contribution in [0.3, 0.4) is 0 Å². The summed E-state index contributed by atoms with van der Waals surface area (Å²) in [7, 11) is -3.43. The predicted octanol–water partition coefficient (Wildman–Crippen LogP) is 1.58. The van der Waals surface area contributed by atoms with E-state index in [4.69, 9.17) is 0 Å². The van der Waals surface area contributed by atoms with E-state index >= 15 is 0 Å². The topological polar surface area (TPSA) is 75.2 Å². The highest BCUT2D eigenvalue weighted by Crippen LogP contribution is 2.25. The van der Waals surface area contributed by atoms with Gasteiger partial charge in [0.15, 0.2) is 0 Å². The first-order valence-corrected chi connectivity index (χ1v) is 8.52. The number of hydrogen-bond acceptors (Lipinski definition) is 5. The fraction of sp³-hybridized carbons (Fsp3) is 0.333. The molecule has 0 unspecified atom stereocenters. The van der Waals surface area contributed by atoms with Gasteiger partial charge in [0.05, 0.1) is 10.9 Å². The van der Waals surface area contributed by atoms with Crippen molar-refractivity contribution in [3.8, 4) is 0 Å². The Labute approximate surface area is 130 Å². The molecule has 1 aliphatic rings. The molecule has 0 bridgehead atoms. The molecule has 1 aromatic heterocycles. The van der Waals surface area contributed by atoms with Crippen molar-refractivity contribution in [3.63, 3.8) is 0 Å². The molecule has 1 N–H and O–H groups in total. The second-order valence-corrected chi connectivity index (χ2v) is 7.41. The number of sulfonamides is 1. The van der Waals surface area contributed by atoms with E-state index in [1.165, 1.54) is 4.31 Å². The molecule has 1 fully saturated rings. The van der Waals surface area contributed by atoms with Crippen molar-refractivity contribution in [1.82, 2.24) is 14.3 Å². The molecule has 0 radical (unpaired) electrons. The van der Waals surface area contributed by atoms with Crippen molar-refractivity contribution in [2.24, 2.45) is 0 Å². The largest absolute Gasteiger partial charge is 0.349 e. The molecule has 0 spiro atoms. The molecule has 0 atom stereocenters. The van der Waals surface area contributed by atoms with Gasteiger partial charge in [-0.15, -0.1) is 0 Å². The molecule has 7 heteroatoms. The number of nitrogens with one attached hydrogen (secondary N) is 1. The summed E-state index contributed by atoms with van der Waals surface area (Å²) in [4.78, 5) is 8.55. The SMILES string of the molecule is Cc1ccc(C)c(S(=O)(=O)N2CC(Nc3ncccn3)C2)c1. The number of rotatable bonds is 4. The number of benzene rings is 1. The summed E-state index contributed by atoms with van der Waals surface area (Å²) in [5.41, 5.74) is 1.71. The van der Waals surface area contributed by atoms with Crippen LogP contribution in [0.4, 0.5) is 5.95 Å². The molecule has 22 heavy (non-hydrogen) atoms. The van der Waals surface area contributed by atoms with E-state index in [0.29, 0.717) is 23.9 Å². The first-order chi connectivity index (χ1) is 10.5. The van der Waals surface area contributed by atoms with Crippen LogP contribution in [-0.4, -0.2) is 41.8 Å². The minimum Gasteiger partial charge on any atom is -0.349 e. The average molecular weight is 318 g/mol. The van der Waals surface area contributed by atoms with Crippen molar-refractivity contribution < 1.29 is 8.42 Å². The van der Waals surface area contributed by atoms with Crippen molar-refractivity contribution in [2.45, 2.75) is 24.8 Å². The van der Waals surface area contributed by atoms with Crippen LogP contribution in [-0.2, 0) is 10.0 Å². The Balaban J connectivity index is 1.70. The average Bonchev–Trinajstić information content (AvgIpc) is 2.45. The van der Waals surface area contributed by atoms with Crippen LogP contribution in [0.1, 0.15) is 11.1 Å². The number of aromatic nitrogens is 2. The lowest BCUT2D eigenvalue weighted by Gasteiger charge is -2.38. The summed E-state index contributed by atoms with van der Waals surface area (Å²) in [5, 5.41) is 3.13. The van der Waals surface area contributed by atoms with E-state index in [-0.39, 0.29) is 6.04 Å². The van der Waals surface area contributed by atoms with Crippen molar-refractivity contribution >= 4 is 16.0 Å². The molecule has 1 aromatic carbocycles. The molecule has 1 aliphatic heterocycles. The van der Waals surface area contributed by atoms with E-state index in [9.17, 15) is 8.42 Å². The summed E-state index contributed by atoms with van der Waals surface area (Å²) in [6.45, 7) is 4.56. The van der Waals surface area contributed by atoms with Crippen LogP contribution in [0.5, 0.6) is 0 Å². The lowest BCUT2D eigenvalue weighted by molar-refractivity contribution is 0.280. The Morgan fingerprint density at radius 1 is 1.18 bits per heavy atom. The molecule has 2 heterocycles. The van der Waals surface area contributed by atoms with E-state index in [1.54, 1.807) is 24.5 Å². The Bertz CT molecular complexity index is 771. The third-order valence-electron chi connectivity index (χ3n) is 3.71. The minimum absolute atomic E-state index is 0.0438. The summed E-state index contributed by atoms with van der Waals surface area (Å²) in [6, 6.07) is 7.27. The number of anilines is 1. The molecule has 0 amide bonds. The zero-order valence-corrected chi connectivity index (χ0v) is 13.3. The van der Waals surface area contributed by atoms with Crippen LogP contribution < -0.4 is 5.32 Å². The summed E-state index contributed by atoms with van der Waals surface area (Å²) >= 11 is 0. The normalized spacial score (nSPS) is 16.3. The van der Waals surface area contributed by atoms with Gasteiger partial charge < -0.3 is 5.32 Å². The fourth-order valence-electron chi connectivity index (χ4n) is 2.41. The highest BCUT2D eigenvalue weighted by Gasteiger charge is 2.37. The van der Waals surface area contributed by atoms with Gasteiger partial charge in [-0.25, -0.2) is 18.4 Å². The summed E-state index contributed by atoms with van der Waals surface area (Å²) in [6.07, 6.45) is 3.30. The van der Waals surface area contributed by atoms with Gasteiger partial charge in [0.25, 0.3) is 0 Å². The van der Waals surface area contributed by atoms with E-state index in [1.807, 2.05) is 26.0 Å². The van der Waals surface area contributed by atoms with E-state index in [0.717, 1.165) is 11.1 Å². The van der Waals surface area contributed by atoms with Gasteiger partial charge >= 0.3 is 0 Å². The third kappa shape index (κ3) is 2.82. The quantitative estimate of drug-likeness (QED) is 0.926. The maximum atomic E-state index is 12.7. The smallest absolute Gasteiger partial charge is 0.243 e. The Morgan fingerprint density at radius 3 is 2.55 bits per heavy atom. The van der Waals surface area contributed by atoms with Gasteiger partial charge in [0.1, 0.15) is 0 Å². The van der Waals surface area contributed by atoms with Gasteiger partial charge in [-0.1, -0.05) is 12.1 Å². The van der Waals surface area contributed by atoms with Gasteiger partial charge in [-0.2, -0.15) is 4.31 Å². The fourth-order valence-corrected chi connectivity index (χ4v) is 4.25. The summed E-state index contributed by atoms with van der Waals surface area (Å²) in [5.74, 6) is 0.524. The molecule has 0 saturated carbocycles. The van der Waals surface area contributed by atoms with Crippen LogP contribution in [0.2, 0.25) is 0 Å². The lowest BCUT2D eigenvalue weighted by atomic mass is 10.2. The van der Waals surface area contributed by atoms with Gasteiger partial charge in [-0.3, -0.25) is 0 Å². The van der Waals surface area contributed by atoms with Crippen molar-refractivity contribution in [1.29, 1.82) is 0 Å². The molecule has 0 aliphatic carbocycles. The van der Waals surface area contributed by atoms with Gasteiger partial charge in [-0.05, 0) is 37.1 Å². The van der Waals surface area contributed by atoms with E-state index in [2.05, 4.69) is 15.3 Å². The molecule has 1 saturated heterocycles. The van der Waals surface area contributed by atoms with Crippen molar-refractivity contribution in [2.75, 3.05) is 18.4 Å². The zero-order chi connectivity index (χ0) is 15.7. The first-order valence-electron chi connectivity index (χ1n) is 7.08. The number of hydrogen-bond donors (Lipinski definition) is 1. The van der Waals surface area contributed by atoms with Gasteiger partial charge in [0.2, 0.25) is 16.0 Å². The Hall–Kier alpha value is -1.99. The first kappa shape index (κ1) is 14.9. The lowest BCUT2D eigenvalue weighted by Crippen LogP contribution is -2.57. The maximum absolute atomic E-state index is 12.7. The Morgan fingerprint density at radius 2 is 1.86 bits per heavy atom. The Kier molecular flexibility index (Phi) is 3.84. The second kappa shape index (κ2) is 5.66. The maximum Gasteiger partial charge on any atom is 0.243 e. The molecular weight excluding hydrogens is 300 g/mol. The highest BCUT2D eigenvalue weighted by molar-refractivity contribution is 7.89. The molecule has 116 valence electrons. The number of aryl methyl sites for hydroxylation is 2. The van der Waals surface area contributed by atoms with Crippen molar-refractivity contribution in [3.05, 3.63) is 47.8 Å². The highest BCUT2D eigenvalue weighted by atomic mass is 32.2. The second-order valence-electron chi connectivity index (χ2n) is 5.50. The monoisotopic (exact) mass is 318 g/mol. The standard InChI is InChI=1S/C15H18N4O2S/c1-11-4-5-12(2)14(8-11)22(20,21)19-9-13(10-19)18-15-16-6-3-7-17-15/h3-8,13H,9-10H2,1-2H3,(H,16,17,18). The minimum atomic E-state index is -3.43. The molecule has 2 aromatic rings. The van der Waals surface area contributed by atoms with E-state index < -0.39 is 10.0 Å². The zero-order valence-electron chi connectivity index (χ0n) is 12.5. The predicted molar refractivity (Wildman–Crippen MR) is 84.1 cm³/mol. The third-order valence-corrected chi connectivity index (χ3v) is 5.68.